The molecule has 0 amide bonds. The molecule has 0 saturated carbocycles. The van der Waals surface area contributed by atoms with E-state index in [1.54, 1.807) is 0 Å². The summed E-state index contributed by atoms with van der Waals surface area (Å²) in [6.45, 7) is 4.33. The molecular weight excluding hydrogens is 691 g/mol. The van der Waals surface area contributed by atoms with Crippen LogP contribution in [0, 0.1) is 0 Å². The molecule has 2 aliphatic rings. The van der Waals surface area contributed by atoms with E-state index in [9.17, 15) is 0 Å². The van der Waals surface area contributed by atoms with E-state index in [2.05, 4.69) is 139 Å². The smallest absolute Gasteiger partial charge is 0.161 e. The van der Waals surface area contributed by atoms with Crippen LogP contribution in [0.25, 0.3) is 60.1 Å². The van der Waals surface area contributed by atoms with Gasteiger partial charge < -0.3 is 0 Å². The first-order valence-corrected chi connectivity index (χ1v) is 19.6. The van der Waals surface area contributed by atoms with Gasteiger partial charge in [0.25, 0.3) is 0 Å². The molecule has 0 bridgehead atoms. The third-order valence-electron chi connectivity index (χ3n) is 11.3. The largest absolute Gasteiger partial charge is 0.261 e. The van der Waals surface area contributed by atoms with Crippen molar-refractivity contribution in [3.8, 4) is 22.3 Å². The minimum atomic E-state index is 0.517. The Balaban J connectivity index is 0.970. The first-order chi connectivity index (χ1) is 28.2. The lowest BCUT2D eigenvalue weighted by Gasteiger charge is -2.15. The van der Waals surface area contributed by atoms with Crippen LogP contribution in [0.3, 0.4) is 0 Å². The molecule has 0 radical (unpaired) electrons. The molecule has 0 N–H and O–H groups in total. The molecule has 0 fully saturated rings. The normalized spacial score (nSPS) is 14.1. The molecule has 0 saturated heterocycles. The highest BCUT2D eigenvalue weighted by atomic mass is 15.0. The van der Waals surface area contributed by atoms with Crippen LogP contribution in [0.15, 0.2) is 214 Å². The van der Waals surface area contributed by atoms with Gasteiger partial charge in [-0.25, -0.2) is 9.98 Å². The standard InChI is InChI=1S/C54H39N3/c1-55-53(37-16-4-2-5-17-37)57-54(38-18-6-3-7-19-38)56-35-36-15-14-26-45-41(31-36)33-42-32-39(27-29-46(42)45)43-20-8-9-21-44(43)40-28-30-51-49-24-11-10-22-47(49)48-23-12-13-25-50(48)52(51)34-40/h2-13,15-32,34H,1,14,33,35H2/b56-54-,57-53-. The zero-order valence-corrected chi connectivity index (χ0v) is 31.6. The van der Waals surface area contributed by atoms with Gasteiger partial charge in [0.2, 0.25) is 0 Å². The van der Waals surface area contributed by atoms with Gasteiger partial charge in [-0.05, 0) is 108 Å². The van der Waals surface area contributed by atoms with E-state index < -0.39 is 0 Å². The Morgan fingerprint density at radius 2 is 1.04 bits per heavy atom. The van der Waals surface area contributed by atoms with Crippen molar-refractivity contribution < 1.29 is 0 Å². The second-order valence-corrected chi connectivity index (χ2v) is 14.7. The third-order valence-corrected chi connectivity index (χ3v) is 11.3. The quantitative estimate of drug-likeness (QED) is 0.0928. The van der Waals surface area contributed by atoms with Gasteiger partial charge in [0.15, 0.2) is 11.7 Å². The van der Waals surface area contributed by atoms with Crippen LogP contribution in [-0.4, -0.2) is 24.9 Å². The van der Waals surface area contributed by atoms with E-state index in [4.69, 9.17) is 9.98 Å². The minimum absolute atomic E-state index is 0.517. The Kier molecular flexibility index (Phi) is 8.89. The van der Waals surface area contributed by atoms with Gasteiger partial charge in [0.1, 0.15) is 0 Å². The van der Waals surface area contributed by atoms with Crippen molar-refractivity contribution in [2.24, 2.45) is 15.0 Å². The lowest BCUT2D eigenvalue weighted by Crippen LogP contribution is -2.06. The van der Waals surface area contributed by atoms with Crippen LogP contribution in [0.5, 0.6) is 0 Å². The SMILES string of the molecule is C=N/C(=N\C(=N/CC1=CCC=C2C(=C1)Cc1cc(-c3ccccc3-c3ccc4c5ccccc5c5ccccc5c4c3)ccc12)c1ccccc1)c1ccccc1. The summed E-state index contributed by atoms with van der Waals surface area (Å²) in [5.74, 6) is 1.20. The first-order valence-electron chi connectivity index (χ1n) is 19.6. The predicted octanol–water partition coefficient (Wildman–Crippen LogP) is 13.3. The topological polar surface area (TPSA) is 37.1 Å². The predicted molar refractivity (Wildman–Crippen MR) is 243 cm³/mol. The summed E-state index contributed by atoms with van der Waals surface area (Å²) in [6.07, 6.45) is 8.74. The van der Waals surface area contributed by atoms with Gasteiger partial charge >= 0.3 is 0 Å². The van der Waals surface area contributed by atoms with Crippen LogP contribution in [0.2, 0.25) is 0 Å². The number of benzene rings is 8. The Morgan fingerprint density at radius 1 is 0.491 bits per heavy atom. The van der Waals surface area contributed by atoms with Gasteiger partial charge in [0.05, 0.1) is 6.54 Å². The van der Waals surface area contributed by atoms with Gasteiger partial charge in [-0.15, -0.1) is 0 Å². The van der Waals surface area contributed by atoms with E-state index in [1.807, 2.05) is 60.7 Å². The number of allylic oxidation sites excluding steroid dienone is 4. The lowest BCUT2D eigenvalue weighted by atomic mass is 9.89. The summed E-state index contributed by atoms with van der Waals surface area (Å²) in [4.78, 5) is 14.3. The molecule has 0 unspecified atom stereocenters. The highest BCUT2D eigenvalue weighted by Gasteiger charge is 2.23. The molecule has 8 aromatic carbocycles. The average Bonchev–Trinajstić information content (AvgIpc) is 3.49. The van der Waals surface area contributed by atoms with Gasteiger partial charge in [-0.3, -0.25) is 4.99 Å². The average molecular weight is 730 g/mol. The highest BCUT2D eigenvalue weighted by molar-refractivity contribution is 6.25. The molecule has 0 heterocycles. The van der Waals surface area contributed by atoms with E-state index in [-0.39, 0.29) is 0 Å². The van der Waals surface area contributed by atoms with Crippen LogP contribution in [0.1, 0.15) is 28.7 Å². The fourth-order valence-corrected chi connectivity index (χ4v) is 8.62. The Bertz CT molecular complexity index is 3000. The number of rotatable bonds is 6. The van der Waals surface area contributed by atoms with Crippen molar-refractivity contribution >= 4 is 56.3 Å². The molecular formula is C54H39N3. The number of aliphatic imine (C=N–C) groups is 3. The number of amidine groups is 2. The van der Waals surface area contributed by atoms with Crippen molar-refractivity contribution in [1.82, 2.24) is 0 Å². The maximum Gasteiger partial charge on any atom is 0.161 e. The van der Waals surface area contributed by atoms with E-state index in [0.717, 1.165) is 24.0 Å². The molecule has 10 rings (SSSR count). The molecule has 3 nitrogen and oxygen atoms in total. The Hall–Kier alpha value is -7.23. The highest BCUT2D eigenvalue weighted by Crippen LogP contribution is 2.43. The maximum atomic E-state index is 5.08. The summed E-state index contributed by atoms with van der Waals surface area (Å²) in [5.41, 5.74) is 13.3. The number of fused-ring (bicyclic) bond motifs is 9. The molecule has 270 valence electrons. The fraction of sp³-hybridized carbons (Fsp3) is 0.0556. The lowest BCUT2D eigenvalue weighted by molar-refractivity contribution is 1.14. The number of nitrogens with zero attached hydrogens (tertiary/aromatic N) is 3. The zero-order valence-electron chi connectivity index (χ0n) is 31.6. The van der Waals surface area contributed by atoms with Crippen molar-refractivity contribution in [2.75, 3.05) is 6.54 Å². The van der Waals surface area contributed by atoms with E-state index in [1.165, 1.54) is 82.4 Å². The van der Waals surface area contributed by atoms with Crippen LogP contribution in [-0.2, 0) is 6.42 Å². The zero-order chi connectivity index (χ0) is 38.1. The van der Waals surface area contributed by atoms with E-state index >= 15 is 0 Å². The minimum Gasteiger partial charge on any atom is -0.261 e. The number of hydrogen-bond donors (Lipinski definition) is 0. The Labute approximate surface area is 333 Å². The van der Waals surface area contributed by atoms with Gasteiger partial charge in [0, 0.05) is 11.1 Å². The van der Waals surface area contributed by atoms with Crippen molar-refractivity contribution in [2.45, 2.75) is 12.8 Å². The Morgan fingerprint density at radius 3 is 1.68 bits per heavy atom. The maximum absolute atomic E-state index is 5.08. The molecule has 0 atom stereocenters. The van der Waals surface area contributed by atoms with Crippen molar-refractivity contribution in [3.63, 3.8) is 0 Å². The fourth-order valence-electron chi connectivity index (χ4n) is 8.62. The van der Waals surface area contributed by atoms with Crippen LogP contribution >= 0.6 is 0 Å². The van der Waals surface area contributed by atoms with E-state index in [0.29, 0.717) is 18.2 Å². The molecule has 57 heavy (non-hydrogen) atoms. The van der Waals surface area contributed by atoms with Gasteiger partial charge in [-0.2, -0.15) is 0 Å². The summed E-state index contributed by atoms with van der Waals surface area (Å²) >= 11 is 0. The third kappa shape index (κ3) is 6.43. The first kappa shape index (κ1) is 34.3. The molecule has 0 aliphatic heterocycles. The van der Waals surface area contributed by atoms with Crippen molar-refractivity contribution in [1.29, 1.82) is 0 Å². The monoisotopic (exact) mass is 729 g/mol. The number of hydrogen-bond acceptors (Lipinski definition) is 1. The summed E-state index contributed by atoms with van der Waals surface area (Å²) < 4.78 is 0. The summed E-state index contributed by atoms with van der Waals surface area (Å²) in [7, 11) is 0. The van der Waals surface area contributed by atoms with Crippen molar-refractivity contribution in [3.05, 3.63) is 221 Å². The van der Waals surface area contributed by atoms with Crippen LogP contribution < -0.4 is 0 Å². The molecule has 8 aromatic rings. The van der Waals surface area contributed by atoms with Gasteiger partial charge in [-0.1, -0.05) is 182 Å². The molecule has 2 aliphatic carbocycles. The molecule has 3 heteroatoms. The summed E-state index contributed by atoms with van der Waals surface area (Å²) in [5, 5.41) is 7.75. The molecule has 0 spiro atoms. The second-order valence-electron chi connectivity index (χ2n) is 14.7. The second kappa shape index (κ2) is 14.8. The molecule has 0 aromatic heterocycles. The van der Waals surface area contributed by atoms with Crippen LogP contribution in [0.4, 0.5) is 0 Å². The summed E-state index contributed by atoms with van der Waals surface area (Å²) in [6, 6.07) is 60.5.